The van der Waals surface area contributed by atoms with Crippen LogP contribution in [0.15, 0.2) is 12.2 Å². The fourth-order valence-electron chi connectivity index (χ4n) is 0.685. The highest BCUT2D eigenvalue weighted by Gasteiger charge is 2.58. The van der Waals surface area contributed by atoms with Crippen LogP contribution in [0.2, 0.25) is 0 Å². The van der Waals surface area contributed by atoms with Crippen molar-refractivity contribution in [1.82, 2.24) is 5.32 Å². The Morgan fingerprint density at radius 2 is 1.80 bits per heavy atom. The predicted octanol–water partition coefficient (Wildman–Crippen LogP) is 1.08. The maximum Gasteiger partial charge on any atom is 0.422 e. The van der Waals surface area contributed by atoms with E-state index >= 15 is 0 Å². The molecular formula is C8H10F3NO3. The first kappa shape index (κ1) is 13.5. The Bertz CT molecular complexity index is 298. The fraction of sp³-hybridized carbons (Fsp3) is 0.500. The normalized spacial score (nSPS) is 16.1. The molecule has 0 bridgehead atoms. The molecule has 0 saturated heterocycles. The molecule has 1 amide bonds. The zero-order valence-electron chi connectivity index (χ0n) is 8.05. The summed E-state index contributed by atoms with van der Waals surface area (Å²) in [4.78, 5) is 21.3. The summed E-state index contributed by atoms with van der Waals surface area (Å²) in [5, 5.41) is 9.81. The molecule has 2 N–H and O–H groups in total. The molecule has 1 atom stereocenters. The summed E-state index contributed by atoms with van der Waals surface area (Å²) < 4.78 is 37.0. The summed E-state index contributed by atoms with van der Waals surface area (Å²) in [6, 6.07) is 0. The number of carboxylic acids is 1. The Morgan fingerprint density at radius 1 is 1.33 bits per heavy atom. The summed E-state index contributed by atoms with van der Waals surface area (Å²) >= 11 is 0. The molecule has 1 unspecified atom stereocenters. The Kier molecular flexibility index (Phi) is 3.89. The van der Waals surface area contributed by atoms with E-state index < -0.39 is 23.6 Å². The maximum absolute atomic E-state index is 12.3. The van der Waals surface area contributed by atoms with Gasteiger partial charge in [0.05, 0.1) is 0 Å². The van der Waals surface area contributed by atoms with Gasteiger partial charge in [-0.1, -0.05) is 6.08 Å². The van der Waals surface area contributed by atoms with Gasteiger partial charge >= 0.3 is 12.1 Å². The van der Waals surface area contributed by atoms with Gasteiger partial charge in [0.25, 0.3) is 0 Å². The molecule has 0 saturated carbocycles. The number of amides is 1. The van der Waals surface area contributed by atoms with Crippen molar-refractivity contribution in [1.29, 1.82) is 0 Å². The zero-order valence-corrected chi connectivity index (χ0v) is 8.05. The van der Waals surface area contributed by atoms with Crippen LogP contribution in [0, 0.1) is 0 Å². The average molecular weight is 225 g/mol. The minimum Gasteiger partial charge on any atom is -0.479 e. The third-order valence-corrected chi connectivity index (χ3v) is 1.69. The van der Waals surface area contributed by atoms with Gasteiger partial charge in [-0.3, -0.25) is 4.79 Å². The number of hydrogen-bond donors (Lipinski definition) is 2. The number of aliphatic carboxylic acids is 1. The Labute approximate surface area is 83.8 Å². The van der Waals surface area contributed by atoms with Gasteiger partial charge in [-0.2, -0.15) is 13.2 Å². The first-order valence-corrected chi connectivity index (χ1v) is 3.90. The molecule has 7 heteroatoms. The van der Waals surface area contributed by atoms with Crippen LogP contribution in [-0.4, -0.2) is 28.7 Å². The van der Waals surface area contributed by atoms with Gasteiger partial charge in [0, 0.05) is 0 Å². The summed E-state index contributed by atoms with van der Waals surface area (Å²) in [5.74, 6) is -3.27. The van der Waals surface area contributed by atoms with Gasteiger partial charge in [-0.15, -0.1) is 0 Å². The number of allylic oxidation sites excluding steroid dienone is 1. The van der Waals surface area contributed by atoms with Crippen molar-refractivity contribution in [3.63, 3.8) is 0 Å². The lowest BCUT2D eigenvalue weighted by molar-refractivity contribution is -0.206. The third kappa shape index (κ3) is 2.97. The van der Waals surface area contributed by atoms with Crippen molar-refractivity contribution in [3.05, 3.63) is 12.2 Å². The van der Waals surface area contributed by atoms with E-state index in [2.05, 4.69) is 0 Å². The molecule has 0 radical (unpaired) electrons. The van der Waals surface area contributed by atoms with E-state index in [0.29, 0.717) is 6.92 Å². The number of carboxylic acid groups (broad SMARTS) is 1. The first-order valence-electron chi connectivity index (χ1n) is 3.90. The van der Waals surface area contributed by atoms with E-state index in [1.807, 2.05) is 0 Å². The van der Waals surface area contributed by atoms with E-state index in [1.54, 1.807) is 0 Å². The van der Waals surface area contributed by atoms with E-state index in [9.17, 15) is 22.8 Å². The van der Waals surface area contributed by atoms with Crippen LogP contribution < -0.4 is 5.32 Å². The van der Waals surface area contributed by atoms with Crippen molar-refractivity contribution in [2.75, 3.05) is 0 Å². The average Bonchev–Trinajstić information content (AvgIpc) is 2.01. The first-order chi connectivity index (χ1) is 6.65. The number of hydrogen-bond acceptors (Lipinski definition) is 2. The van der Waals surface area contributed by atoms with Crippen molar-refractivity contribution < 1.29 is 27.9 Å². The summed E-state index contributed by atoms with van der Waals surface area (Å²) in [5.41, 5.74) is -3.27. The molecule has 86 valence electrons. The van der Waals surface area contributed by atoms with Gasteiger partial charge in [-0.25, -0.2) is 4.79 Å². The quantitative estimate of drug-likeness (QED) is 0.706. The molecule has 0 aromatic heterocycles. The Hall–Kier alpha value is -1.53. The lowest BCUT2D eigenvalue weighted by Gasteiger charge is -2.27. The number of carbonyl (C=O) groups excluding carboxylic acids is 1. The molecule has 0 aliphatic carbocycles. The number of halogens is 3. The molecule has 0 fully saturated rings. The molecule has 15 heavy (non-hydrogen) atoms. The van der Waals surface area contributed by atoms with Crippen LogP contribution in [0.25, 0.3) is 0 Å². The van der Waals surface area contributed by atoms with Gasteiger partial charge < -0.3 is 10.4 Å². The van der Waals surface area contributed by atoms with Crippen molar-refractivity contribution >= 4 is 11.9 Å². The van der Waals surface area contributed by atoms with Crippen molar-refractivity contribution in [3.8, 4) is 0 Å². The largest absolute Gasteiger partial charge is 0.479 e. The second-order valence-corrected chi connectivity index (χ2v) is 2.92. The number of carbonyl (C=O) groups is 2. The van der Waals surface area contributed by atoms with E-state index in [0.717, 1.165) is 6.08 Å². The molecule has 0 rings (SSSR count). The van der Waals surface area contributed by atoms with E-state index in [1.165, 1.54) is 18.3 Å². The van der Waals surface area contributed by atoms with Gasteiger partial charge in [0.2, 0.25) is 11.4 Å². The Balaban J connectivity index is 5.00. The molecule has 4 nitrogen and oxygen atoms in total. The van der Waals surface area contributed by atoms with Gasteiger partial charge in [0.1, 0.15) is 0 Å². The SMILES string of the molecule is CC=CC(=O)NC(C)(C(=O)O)C(F)(F)F. The number of alkyl halides is 3. The molecule has 0 heterocycles. The molecule has 0 aromatic carbocycles. The summed E-state index contributed by atoms with van der Waals surface area (Å²) in [6.45, 7) is 1.81. The van der Waals surface area contributed by atoms with E-state index in [-0.39, 0.29) is 0 Å². The monoisotopic (exact) mass is 225 g/mol. The zero-order chi connectivity index (χ0) is 12.3. The van der Waals surface area contributed by atoms with E-state index in [4.69, 9.17) is 5.11 Å². The Morgan fingerprint density at radius 3 is 2.07 bits per heavy atom. The maximum atomic E-state index is 12.3. The molecule has 0 aliphatic heterocycles. The second-order valence-electron chi connectivity index (χ2n) is 2.92. The minimum atomic E-state index is -5.06. The standard InChI is InChI=1S/C8H10F3NO3/c1-3-4-5(13)12-7(2,6(14)15)8(9,10)11/h3-4H,1-2H3,(H,12,13)(H,14,15). The topological polar surface area (TPSA) is 66.4 Å². The van der Waals surface area contributed by atoms with Crippen LogP contribution >= 0.6 is 0 Å². The minimum absolute atomic E-state index is 0.386. The predicted molar refractivity (Wildman–Crippen MR) is 45.1 cm³/mol. The smallest absolute Gasteiger partial charge is 0.422 e. The molecule has 0 spiro atoms. The van der Waals surface area contributed by atoms with Crippen LogP contribution in [0.3, 0.4) is 0 Å². The summed E-state index contributed by atoms with van der Waals surface area (Å²) in [6.07, 6.45) is -3.04. The van der Waals surface area contributed by atoms with Crippen LogP contribution in [0.4, 0.5) is 13.2 Å². The highest BCUT2D eigenvalue weighted by atomic mass is 19.4. The van der Waals surface area contributed by atoms with Crippen LogP contribution in [0.5, 0.6) is 0 Å². The number of nitrogens with one attached hydrogen (secondary N) is 1. The van der Waals surface area contributed by atoms with Crippen LogP contribution in [0.1, 0.15) is 13.8 Å². The highest BCUT2D eigenvalue weighted by Crippen LogP contribution is 2.30. The number of rotatable bonds is 3. The van der Waals surface area contributed by atoms with Gasteiger partial charge in [-0.05, 0) is 19.9 Å². The molecular weight excluding hydrogens is 215 g/mol. The fourth-order valence-corrected chi connectivity index (χ4v) is 0.685. The molecule has 0 aromatic rings. The highest BCUT2D eigenvalue weighted by molar-refractivity contribution is 5.93. The summed E-state index contributed by atoms with van der Waals surface area (Å²) in [7, 11) is 0. The molecule has 0 aliphatic rings. The van der Waals surface area contributed by atoms with Crippen LogP contribution in [-0.2, 0) is 9.59 Å². The second kappa shape index (κ2) is 4.33. The van der Waals surface area contributed by atoms with Crippen molar-refractivity contribution in [2.24, 2.45) is 0 Å². The lowest BCUT2D eigenvalue weighted by atomic mass is 10.0. The van der Waals surface area contributed by atoms with Crippen molar-refractivity contribution in [2.45, 2.75) is 25.6 Å². The lowest BCUT2D eigenvalue weighted by Crippen LogP contribution is -2.61. The third-order valence-electron chi connectivity index (χ3n) is 1.69. The van der Waals surface area contributed by atoms with Gasteiger partial charge in [0.15, 0.2) is 0 Å².